The van der Waals surface area contributed by atoms with E-state index < -0.39 is 18.0 Å². The highest BCUT2D eigenvalue weighted by Crippen LogP contribution is 2.22. The summed E-state index contributed by atoms with van der Waals surface area (Å²) < 4.78 is 6.00. The maximum Gasteiger partial charge on any atom is 0.331 e. The van der Waals surface area contributed by atoms with Gasteiger partial charge in [-0.05, 0) is 42.1 Å². The summed E-state index contributed by atoms with van der Waals surface area (Å²) in [6, 6.07) is 11.0. The van der Waals surface area contributed by atoms with Gasteiger partial charge in [0.05, 0.1) is 5.56 Å². The molecule has 2 aromatic rings. The van der Waals surface area contributed by atoms with Gasteiger partial charge in [-0.2, -0.15) is 5.26 Å². The molecule has 7 heteroatoms. The van der Waals surface area contributed by atoms with Crippen molar-refractivity contribution in [1.82, 2.24) is 0 Å². The van der Waals surface area contributed by atoms with Crippen LogP contribution in [0.25, 0.3) is 6.08 Å². The minimum atomic E-state index is -0.972. The number of carbonyl (C=O) groups excluding carboxylic acids is 2. The lowest BCUT2D eigenvalue weighted by Gasteiger charge is -2.11. The molecule has 122 valence electrons. The number of anilines is 1. The molecule has 2 rings (SSSR count). The number of nitrogens with zero attached hydrogens (tertiary/aromatic N) is 1. The summed E-state index contributed by atoms with van der Waals surface area (Å²) in [6.45, 7) is 1.47. The van der Waals surface area contributed by atoms with Crippen LogP contribution in [0.3, 0.4) is 0 Å². The van der Waals surface area contributed by atoms with Crippen LogP contribution >= 0.6 is 27.3 Å². The molecule has 0 aliphatic heterocycles. The lowest BCUT2D eigenvalue weighted by Crippen LogP contribution is -2.29. The largest absolute Gasteiger partial charge is 0.449 e. The Hall–Kier alpha value is -2.43. The second kappa shape index (κ2) is 8.43. The maximum atomic E-state index is 12.0. The third-order valence-electron chi connectivity index (χ3n) is 2.97. The zero-order chi connectivity index (χ0) is 17.5. The van der Waals surface area contributed by atoms with E-state index in [1.807, 2.05) is 30.3 Å². The van der Waals surface area contributed by atoms with Crippen LogP contribution in [-0.2, 0) is 14.3 Å². The lowest BCUT2D eigenvalue weighted by atomic mass is 10.2. The van der Waals surface area contributed by atoms with E-state index in [1.54, 1.807) is 17.5 Å². The van der Waals surface area contributed by atoms with E-state index in [9.17, 15) is 9.59 Å². The number of thiophene rings is 1. The first kappa shape index (κ1) is 17.9. The Morgan fingerprint density at radius 2 is 2.04 bits per heavy atom. The van der Waals surface area contributed by atoms with E-state index >= 15 is 0 Å². The molecule has 0 saturated carbocycles. The number of benzene rings is 1. The van der Waals surface area contributed by atoms with Gasteiger partial charge in [0.1, 0.15) is 11.1 Å². The Bertz CT molecular complexity index is 806. The number of hydrogen-bond acceptors (Lipinski definition) is 5. The first-order valence-electron chi connectivity index (χ1n) is 6.92. The van der Waals surface area contributed by atoms with Crippen molar-refractivity contribution in [3.8, 4) is 6.07 Å². The Morgan fingerprint density at radius 3 is 2.71 bits per heavy atom. The minimum Gasteiger partial charge on any atom is -0.449 e. The normalized spacial score (nSPS) is 11.7. The second-order valence-corrected chi connectivity index (χ2v) is 6.56. The molecule has 1 aromatic heterocycles. The molecule has 0 aliphatic carbocycles. The molecule has 1 N–H and O–H groups in total. The molecule has 0 bridgehead atoms. The van der Waals surface area contributed by atoms with Gasteiger partial charge in [0.2, 0.25) is 0 Å². The standard InChI is InChI=1S/C17H13BrN2O3S/c1-11(16(22)20-17-13(10-19)8-9-24-17)23-15(21)7-4-12-2-5-14(18)6-3-12/h2-9,11H,1H3,(H,20,22)/b7-4+/t11-/m0/s1. The molecule has 0 spiro atoms. The molecular formula is C17H13BrN2O3S. The van der Waals surface area contributed by atoms with Gasteiger partial charge in [0.25, 0.3) is 5.91 Å². The van der Waals surface area contributed by atoms with Gasteiger partial charge in [0.15, 0.2) is 6.10 Å². The summed E-state index contributed by atoms with van der Waals surface area (Å²) in [4.78, 5) is 23.8. The number of ether oxygens (including phenoxy) is 1. The van der Waals surface area contributed by atoms with Gasteiger partial charge in [-0.25, -0.2) is 4.79 Å². The summed E-state index contributed by atoms with van der Waals surface area (Å²) in [5.41, 5.74) is 1.21. The number of halogens is 1. The van der Waals surface area contributed by atoms with Crippen LogP contribution in [0.5, 0.6) is 0 Å². The molecule has 0 saturated heterocycles. The summed E-state index contributed by atoms with van der Waals surface area (Å²) in [6.07, 6.45) is 1.89. The smallest absolute Gasteiger partial charge is 0.331 e. The number of nitriles is 1. The van der Waals surface area contributed by atoms with Crippen LogP contribution < -0.4 is 5.32 Å². The van der Waals surface area contributed by atoms with Crippen molar-refractivity contribution in [3.63, 3.8) is 0 Å². The van der Waals surface area contributed by atoms with Crippen molar-refractivity contribution >= 4 is 50.2 Å². The SMILES string of the molecule is C[C@H](OC(=O)/C=C/c1ccc(Br)cc1)C(=O)Nc1sccc1C#N. The molecule has 5 nitrogen and oxygen atoms in total. The highest BCUT2D eigenvalue weighted by atomic mass is 79.9. The van der Waals surface area contributed by atoms with Crippen LogP contribution in [-0.4, -0.2) is 18.0 Å². The fourth-order valence-corrected chi connectivity index (χ4v) is 2.72. The van der Waals surface area contributed by atoms with Gasteiger partial charge in [0, 0.05) is 10.5 Å². The van der Waals surface area contributed by atoms with E-state index in [2.05, 4.69) is 21.2 Å². The topological polar surface area (TPSA) is 79.2 Å². The molecule has 0 aliphatic rings. The number of esters is 1. The van der Waals surface area contributed by atoms with E-state index in [4.69, 9.17) is 10.00 Å². The summed E-state index contributed by atoms with van der Waals surface area (Å²) in [5, 5.41) is 13.6. The zero-order valence-electron chi connectivity index (χ0n) is 12.7. The number of rotatable bonds is 5. The average molecular weight is 405 g/mol. The van der Waals surface area contributed by atoms with Gasteiger partial charge < -0.3 is 10.1 Å². The summed E-state index contributed by atoms with van der Waals surface area (Å²) >= 11 is 4.56. The fourth-order valence-electron chi connectivity index (χ4n) is 1.71. The second-order valence-electron chi connectivity index (χ2n) is 4.73. The monoisotopic (exact) mass is 404 g/mol. The van der Waals surface area contributed by atoms with Crippen molar-refractivity contribution in [1.29, 1.82) is 5.26 Å². The average Bonchev–Trinajstić information content (AvgIpc) is 3.01. The van der Waals surface area contributed by atoms with Crippen LogP contribution in [0.1, 0.15) is 18.1 Å². The fraction of sp³-hybridized carbons (Fsp3) is 0.118. The number of amides is 1. The Balaban J connectivity index is 1.90. The Morgan fingerprint density at radius 1 is 1.33 bits per heavy atom. The minimum absolute atomic E-state index is 0.377. The van der Waals surface area contributed by atoms with Crippen LogP contribution in [0.15, 0.2) is 46.3 Å². The van der Waals surface area contributed by atoms with Crippen LogP contribution in [0.4, 0.5) is 5.00 Å². The Labute approximate surface area is 151 Å². The van der Waals surface area contributed by atoms with Gasteiger partial charge in [-0.15, -0.1) is 11.3 Å². The third-order valence-corrected chi connectivity index (χ3v) is 4.32. The molecule has 0 unspecified atom stereocenters. The first-order chi connectivity index (χ1) is 11.5. The van der Waals surface area contributed by atoms with E-state index in [-0.39, 0.29) is 0 Å². The quantitative estimate of drug-likeness (QED) is 0.603. The van der Waals surface area contributed by atoms with Gasteiger partial charge in [-0.3, -0.25) is 4.79 Å². The van der Waals surface area contributed by atoms with Crippen molar-refractivity contribution in [2.75, 3.05) is 5.32 Å². The zero-order valence-corrected chi connectivity index (χ0v) is 15.1. The molecule has 0 radical (unpaired) electrons. The number of carbonyl (C=O) groups is 2. The number of hydrogen-bond donors (Lipinski definition) is 1. The Kier molecular flexibility index (Phi) is 6.29. The predicted octanol–water partition coefficient (Wildman–Crippen LogP) is 3.97. The number of nitrogens with one attached hydrogen (secondary N) is 1. The maximum absolute atomic E-state index is 12.0. The summed E-state index contributed by atoms with van der Waals surface area (Å²) in [5.74, 6) is -1.11. The van der Waals surface area contributed by atoms with Crippen LogP contribution in [0.2, 0.25) is 0 Å². The van der Waals surface area contributed by atoms with Crippen LogP contribution in [0, 0.1) is 11.3 Å². The molecule has 24 heavy (non-hydrogen) atoms. The molecule has 1 amide bonds. The van der Waals surface area contributed by atoms with Crippen molar-refractivity contribution in [3.05, 3.63) is 57.4 Å². The molecule has 1 heterocycles. The third kappa shape index (κ3) is 5.05. The van der Waals surface area contributed by atoms with Crippen molar-refractivity contribution in [2.24, 2.45) is 0 Å². The van der Waals surface area contributed by atoms with E-state index in [1.165, 1.54) is 24.3 Å². The molecule has 1 aromatic carbocycles. The summed E-state index contributed by atoms with van der Waals surface area (Å²) in [7, 11) is 0. The first-order valence-corrected chi connectivity index (χ1v) is 8.59. The molecule has 1 atom stereocenters. The van der Waals surface area contributed by atoms with E-state index in [0.717, 1.165) is 10.0 Å². The van der Waals surface area contributed by atoms with Gasteiger partial charge >= 0.3 is 5.97 Å². The lowest BCUT2D eigenvalue weighted by molar-refractivity contribution is -0.148. The van der Waals surface area contributed by atoms with Gasteiger partial charge in [-0.1, -0.05) is 28.1 Å². The molecular weight excluding hydrogens is 392 g/mol. The predicted molar refractivity (Wildman–Crippen MR) is 96.4 cm³/mol. The highest BCUT2D eigenvalue weighted by molar-refractivity contribution is 9.10. The van der Waals surface area contributed by atoms with Crippen molar-refractivity contribution < 1.29 is 14.3 Å². The van der Waals surface area contributed by atoms with Crippen molar-refractivity contribution in [2.45, 2.75) is 13.0 Å². The molecule has 0 fully saturated rings. The van der Waals surface area contributed by atoms with E-state index in [0.29, 0.717) is 10.6 Å². The highest BCUT2D eigenvalue weighted by Gasteiger charge is 2.18.